The van der Waals surface area contributed by atoms with Gasteiger partial charge in [-0.3, -0.25) is 19.6 Å². The van der Waals surface area contributed by atoms with Crippen LogP contribution in [0, 0.1) is 10.1 Å². The van der Waals surface area contributed by atoms with Crippen LogP contribution in [0.1, 0.15) is 65.7 Å². The van der Waals surface area contributed by atoms with Gasteiger partial charge in [-0.15, -0.1) is 0 Å². The van der Waals surface area contributed by atoms with Crippen LogP contribution in [0.3, 0.4) is 0 Å². The SMILES string of the molecule is CCCCCN(CCCCC)CC(C)NC(=O)CCn1cc([N+](=O)[O-])cn1. The van der Waals surface area contributed by atoms with E-state index in [1.54, 1.807) is 0 Å². The van der Waals surface area contributed by atoms with Gasteiger partial charge in [0, 0.05) is 25.6 Å². The second-order valence-electron chi connectivity index (χ2n) is 7.15. The number of unbranched alkanes of at least 4 members (excludes halogenated alkanes) is 4. The van der Waals surface area contributed by atoms with E-state index in [4.69, 9.17) is 0 Å². The van der Waals surface area contributed by atoms with Crippen molar-refractivity contribution in [2.75, 3.05) is 19.6 Å². The highest BCUT2D eigenvalue weighted by atomic mass is 16.6. The van der Waals surface area contributed by atoms with Crippen molar-refractivity contribution >= 4 is 11.6 Å². The number of nitro groups is 1. The molecule has 0 spiro atoms. The van der Waals surface area contributed by atoms with Gasteiger partial charge >= 0.3 is 5.69 Å². The van der Waals surface area contributed by atoms with E-state index in [9.17, 15) is 14.9 Å². The molecule has 1 aromatic rings. The fraction of sp³-hybridized carbons (Fsp3) is 0.789. The van der Waals surface area contributed by atoms with Crippen molar-refractivity contribution in [2.24, 2.45) is 0 Å². The van der Waals surface area contributed by atoms with Crippen LogP contribution >= 0.6 is 0 Å². The Morgan fingerprint density at radius 1 is 1.26 bits per heavy atom. The molecule has 8 nitrogen and oxygen atoms in total. The van der Waals surface area contributed by atoms with Crippen molar-refractivity contribution in [3.05, 3.63) is 22.5 Å². The molecule has 1 rings (SSSR count). The van der Waals surface area contributed by atoms with Crippen LogP contribution < -0.4 is 5.32 Å². The maximum atomic E-state index is 12.2. The Bertz CT molecular complexity index is 551. The number of hydrogen-bond acceptors (Lipinski definition) is 5. The molecule has 0 saturated heterocycles. The zero-order valence-corrected chi connectivity index (χ0v) is 17.0. The minimum atomic E-state index is -0.489. The lowest BCUT2D eigenvalue weighted by molar-refractivity contribution is -0.385. The van der Waals surface area contributed by atoms with Gasteiger partial charge < -0.3 is 10.2 Å². The van der Waals surface area contributed by atoms with E-state index in [-0.39, 0.29) is 24.1 Å². The molecule has 0 aromatic carbocycles. The number of nitrogens with one attached hydrogen (secondary N) is 1. The Morgan fingerprint density at radius 2 is 1.89 bits per heavy atom. The fourth-order valence-corrected chi connectivity index (χ4v) is 3.03. The van der Waals surface area contributed by atoms with Crippen molar-refractivity contribution in [3.8, 4) is 0 Å². The van der Waals surface area contributed by atoms with E-state index in [1.165, 1.54) is 55.6 Å². The van der Waals surface area contributed by atoms with Crippen molar-refractivity contribution in [1.29, 1.82) is 0 Å². The molecule has 1 N–H and O–H groups in total. The van der Waals surface area contributed by atoms with Crippen molar-refractivity contribution in [1.82, 2.24) is 20.0 Å². The Kier molecular flexibility index (Phi) is 11.3. The minimum Gasteiger partial charge on any atom is -0.352 e. The van der Waals surface area contributed by atoms with Crippen LogP contribution in [0.25, 0.3) is 0 Å². The summed E-state index contributed by atoms with van der Waals surface area (Å²) in [6, 6.07) is 0.0766. The van der Waals surface area contributed by atoms with Gasteiger partial charge in [0.05, 0.1) is 4.92 Å². The van der Waals surface area contributed by atoms with Gasteiger partial charge in [0.2, 0.25) is 5.91 Å². The van der Waals surface area contributed by atoms with Crippen LogP contribution in [0.5, 0.6) is 0 Å². The van der Waals surface area contributed by atoms with Crippen LogP contribution in [-0.2, 0) is 11.3 Å². The summed E-state index contributed by atoms with van der Waals surface area (Å²) in [5.74, 6) is -0.0530. The molecule has 0 bridgehead atoms. The summed E-state index contributed by atoms with van der Waals surface area (Å²) in [4.78, 5) is 24.8. The van der Waals surface area contributed by atoms with Crippen LogP contribution in [0.15, 0.2) is 12.4 Å². The number of aryl methyl sites for hydroxylation is 1. The number of rotatable bonds is 15. The van der Waals surface area contributed by atoms with Gasteiger partial charge in [0.25, 0.3) is 0 Å². The molecule has 0 aliphatic rings. The van der Waals surface area contributed by atoms with Gasteiger partial charge in [-0.2, -0.15) is 5.10 Å². The molecule has 0 saturated carbocycles. The zero-order chi connectivity index (χ0) is 20.1. The summed E-state index contributed by atoms with van der Waals surface area (Å²) in [5.41, 5.74) is -0.0569. The number of hydrogen-bond donors (Lipinski definition) is 1. The first-order valence-electron chi connectivity index (χ1n) is 10.1. The zero-order valence-electron chi connectivity index (χ0n) is 17.0. The third-order valence-electron chi connectivity index (χ3n) is 4.49. The standard InChI is InChI=1S/C19H35N5O3/c1-4-6-8-11-22(12-9-7-5-2)15-17(3)21-19(25)10-13-23-16-18(14-20-23)24(26)27/h14,16-17H,4-13,15H2,1-3H3,(H,21,25). The van der Waals surface area contributed by atoms with Gasteiger partial charge in [-0.05, 0) is 32.9 Å². The first kappa shape index (κ1) is 23.1. The lowest BCUT2D eigenvalue weighted by Crippen LogP contribution is -2.42. The number of nitrogens with zero attached hydrogens (tertiary/aromatic N) is 4. The van der Waals surface area contributed by atoms with Crippen LogP contribution in [0.4, 0.5) is 5.69 Å². The van der Waals surface area contributed by atoms with Gasteiger partial charge in [0.1, 0.15) is 12.4 Å². The molecule has 1 amide bonds. The highest BCUT2D eigenvalue weighted by Gasteiger charge is 2.14. The third-order valence-corrected chi connectivity index (χ3v) is 4.49. The highest BCUT2D eigenvalue weighted by Crippen LogP contribution is 2.08. The Labute approximate surface area is 162 Å². The molecule has 27 heavy (non-hydrogen) atoms. The van der Waals surface area contributed by atoms with Gasteiger partial charge in [0.15, 0.2) is 0 Å². The highest BCUT2D eigenvalue weighted by molar-refractivity contribution is 5.76. The van der Waals surface area contributed by atoms with Crippen molar-refractivity contribution in [3.63, 3.8) is 0 Å². The maximum absolute atomic E-state index is 12.2. The molecular weight excluding hydrogens is 346 g/mol. The average Bonchev–Trinajstić information content (AvgIpc) is 3.09. The number of aromatic nitrogens is 2. The van der Waals surface area contributed by atoms with Crippen molar-refractivity contribution < 1.29 is 9.72 Å². The molecule has 0 aliphatic heterocycles. The molecule has 154 valence electrons. The molecule has 0 aliphatic carbocycles. The summed E-state index contributed by atoms with van der Waals surface area (Å²) in [6.07, 6.45) is 10.1. The van der Waals surface area contributed by atoms with E-state index < -0.39 is 4.92 Å². The first-order valence-corrected chi connectivity index (χ1v) is 10.1. The molecule has 0 radical (unpaired) electrons. The van der Waals surface area contributed by atoms with Crippen LogP contribution in [0.2, 0.25) is 0 Å². The largest absolute Gasteiger partial charge is 0.352 e. The van der Waals surface area contributed by atoms with Gasteiger partial charge in [-0.1, -0.05) is 39.5 Å². The normalized spacial score (nSPS) is 12.3. The molecular formula is C19H35N5O3. The number of carbonyl (C=O) groups is 1. The quantitative estimate of drug-likeness (QED) is 0.286. The molecule has 1 atom stereocenters. The number of carbonyl (C=O) groups excluding carboxylic acids is 1. The Balaban J connectivity index is 2.37. The lowest BCUT2D eigenvalue weighted by atomic mass is 10.2. The van der Waals surface area contributed by atoms with E-state index in [2.05, 4.69) is 29.2 Å². The monoisotopic (exact) mass is 381 g/mol. The predicted octanol–water partition coefficient (Wildman–Crippen LogP) is 3.37. The fourth-order valence-electron chi connectivity index (χ4n) is 3.03. The Morgan fingerprint density at radius 3 is 2.41 bits per heavy atom. The maximum Gasteiger partial charge on any atom is 0.306 e. The smallest absolute Gasteiger partial charge is 0.306 e. The molecule has 0 fully saturated rings. The minimum absolute atomic E-state index is 0.0530. The Hall–Kier alpha value is -1.96. The average molecular weight is 382 g/mol. The predicted molar refractivity (Wildman–Crippen MR) is 107 cm³/mol. The molecule has 1 unspecified atom stereocenters. The first-order chi connectivity index (χ1) is 13.0. The summed E-state index contributed by atoms with van der Waals surface area (Å²) < 4.78 is 1.43. The second-order valence-corrected chi connectivity index (χ2v) is 7.15. The summed E-state index contributed by atoms with van der Waals surface area (Å²) >= 11 is 0. The molecule has 1 heterocycles. The molecule has 8 heteroatoms. The number of amides is 1. The van der Waals surface area contributed by atoms with E-state index in [1.807, 2.05) is 6.92 Å². The van der Waals surface area contributed by atoms with E-state index in [0.29, 0.717) is 6.54 Å². The topological polar surface area (TPSA) is 93.3 Å². The molecule has 1 aromatic heterocycles. The summed E-state index contributed by atoms with van der Waals surface area (Å²) in [6.45, 7) is 9.79. The van der Waals surface area contributed by atoms with Gasteiger partial charge in [-0.25, -0.2) is 0 Å². The third kappa shape index (κ3) is 10.1. The lowest BCUT2D eigenvalue weighted by Gasteiger charge is -2.26. The van der Waals surface area contributed by atoms with E-state index in [0.717, 1.165) is 19.6 Å². The summed E-state index contributed by atoms with van der Waals surface area (Å²) in [7, 11) is 0. The van der Waals surface area contributed by atoms with Crippen LogP contribution in [-0.4, -0.2) is 51.2 Å². The second kappa shape index (κ2) is 13.2. The van der Waals surface area contributed by atoms with E-state index >= 15 is 0 Å². The summed E-state index contributed by atoms with van der Waals surface area (Å²) in [5, 5.41) is 17.6. The van der Waals surface area contributed by atoms with Crippen molar-refractivity contribution in [2.45, 2.75) is 78.3 Å².